The molecule has 35 heavy (non-hydrogen) atoms. The monoisotopic (exact) mass is 472 g/mol. The van der Waals surface area contributed by atoms with Gasteiger partial charge in [-0.25, -0.2) is 13.8 Å². The topological polar surface area (TPSA) is 97.8 Å². The standard InChI is InChI=1S/C26H25FN6O2/c27-21-16-20(33-25(11-14-29-33)35-17-18-6-7-18)8-9-23(21)32-15-12-24(34)26(31-32)22(10-13-28)30-19-4-2-1-3-5-19/h1-5,8-9,11-16,18,22,28,30H,6-7,10,17H2. The normalized spacial score (nSPS) is 13.9. The van der Waals surface area contributed by atoms with Crippen LogP contribution in [0.1, 0.15) is 31.0 Å². The van der Waals surface area contributed by atoms with Crippen LogP contribution in [0.25, 0.3) is 11.4 Å². The number of hydrogen-bond acceptors (Lipinski definition) is 6. The molecule has 0 bridgehead atoms. The summed E-state index contributed by atoms with van der Waals surface area (Å²) in [6, 6.07) is 16.6. The highest BCUT2D eigenvalue weighted by molar-refractivity contribution is 5.57. The number of nitrogens with zero attached hydrogens (tertiary/aromatic N) is 4. The Morgan fingerprint density at radius 3 is 2.74 bits per heavy atom. The highest BCUT2D eigenvalue weighted by Gasteiger charge is 2.23. The van der Waals surface area contributed by atoms with Crippen LogP contribution in [0.3, 0.4) is 0 Å². The van der Waals surface area contributed by atoms with Crippen LogP contribution in [0, 0.1) is 17.1 Å². The highest BCUT2D eigenvalue weighted by Crippen LogP contribution is 2.30. The summed E-state index contributed by atoms with van der Waals surface area (Å²) in [6.07, 6.45) is 6.88. The van der Waals surface area contributed by atoms with Gasteiger partial charge in [0.15, 0.2) is 5.82 Å². The quantitative estimate of drug-likeness (QED) is 0.330. The number of hydrogen-bond donors (Lipinski definition) is 2. The third-order valence-corrected chi connectivity index (χ3v) is 5.83. The molecule has 1 unspecified atom stereocenters. The second-order valence-electron chi connectivity index (χ2n) is 8.48. The molecular formula is C26H25FN6O2. The maximum atomic E-state index is 15.2. The van der Waals surface area contributed by atoms with Crippen LogP contribution in [0.5, 0.6) is 5.88 Å². The van der Waals surface area contributed by atoms with Crippen molar-refractivity contribution >= 4 is 11.9 Å². The molecule has 1 aliphatic rings. The molecule has 1 aliphatic carbocycles. The van der Waals surface area contributed by atoms with Crippen LogP contribution < -0.4 is 15.5 Å². The van der Waals surface area contributed by atoms with Crippen molar-refractivity contribution in [2.45, 2.75) is 25.3 Å². The van der Waals surface area contributed by atoms with Gasteiger partial charge in [0.2, 0.25) is 11.3 Å². The molecule has 0 spiro atoms. The van der Waals surface area contributed by atoms with Gasteiger partial charge in [0.05, 0.1) is 24.5 Å². The van der Waals surface area contributed by atoms with Crippen molar-refractivity contribution < 1.29 is 9.13 Å². The van der Waals surface area contributed by atoms with Gasteiger partial charge in [-0.3, -0.25) is 4.79 Å². The first kappa shape index (κ1) is 22.5. The zero-order chi connectivity index (χ0) is 24.2. The number of halogens is 1. The molecule has 0 radical (unpaired) electrons. The first-order valence-electron chi connectivity index (χ1n) is 11.5. The summed E-state index contributed by atoms with van der Waals surface area (Å²) in [5.41, 5.74) is 1.42. The number of aromatic nitrogens is 4. The molecule has 1 fully saturated rings. The maximum Gasteiger partial charge on any atom is 0.216 e. The first-order valence-corrected chi connectivity index (χ1v) is 11.5. The molecule has 2 heterocycles. The molecule has 0 amide bonds. The second-order valence-corrected chi connectivity index (χ2v) is 8.48. The molecule has 5 rings (SSSR count). The summed E-state index contributed by atoms with van der Waals surface area (Å²) >= 11 is 0. The van der Waals surface area contributed by atoms with Gasteiger partial charge in [-0.15, -0.1) is 0 Å². The summed E-state index contributed by atoms with van der Waals surface area (Å²) in [5.74, 6) is 0.633. The van der Waals surface area contributed by atoms with E-state index < -0.39 is 11.9 Å². The van der Waals surface area contributed by atoms with Gasteiger partial charge in [-0.2, -0.15) is 10.2 Å². The zero-order valence-electron chi connectivity index (χ0n) is 19.0. The zero-order valence-corrected chi connectivity index (χ0v) is 19.0. The maximum absolute atomic E-state index is 15.2. The predicted molar refractivity (Wildman–Crippen MR) is 131 cm³/mol. The Bertz CT molecular complexity index is 1380. The van der Waals surface area contributed by atoms with Crippen LogP contribution in [-0.2, 0) is 0 Å². The van der Waals surface area contributed by atoms with Gasteiger partial charge < -0.3 is 15.5 Å². The number of benzene rings is 2. The minimum Gasteiger partial charge on any atom is -0.477 e. The third-order valence-electron chi connectivity index (χ3n) is 5.83. The first-order chi connectivity index (χ1) is 17.1. The fourth-order valence-corrected chi connectivity index (χ4v) is 3.79. The van der Waals surface area contributed by atoms with Gasteiger partial charge in [-0.1, -0.05) is 18.2 Å². The minimum absolute atomic E-state index is 0.191. The Morgan fingerprint density at radius 1 is 1.17 bits per heavy atom. The molecule has 2 aromatic carbocycles. The van der Waals surface area contributed by atoms with Gasteiger partial charge >= 0.3 is 0 Å². The van der Waals surface area contributed by atoms with E-state index >= 15 is 4.39 Å². The molecule has 8 nitrogen and oxygen atoms in total. The molecule has 2 N–H and O–H groups in total. The second kappa shape index (κ2) is 9.92. The van der Waals surface area contributed by atoms with Crippen LogP contribution >= 0.6 is 0 Å². The van der Waals surface area contributed by atoms with Gasteiger partial charge in [0.25, 0.3) is 0 Å². The van der Waals surface area contributed by atoms with Gasteiger partial charge in [-0.05, 0) is 49.2 Å². The molecule has 1 atom stereocenters. The van der Waals surface area contributed by atoms with Gasteiger partial charge in [0.1, 0.15) is 11.4 Å². The van der Waals surface area contributed by atoms with Crippen molar-refractivity contribution in [2.24, 2.45) is 5.92 Å². The lowest BCUT2D eigenvalue weighted by atomic mass is 10.1. The SMILES string of the molecule is N=CCC(Nc1ccccc1)c1nn(-c2ccc(-n3nccc3OCC3CC3)cc2F)ccc1=O. The van der Waals surface area contributed by atoms with E-state index in [-0.39, 0.29) is 23.2 Å². The Hall–Kier alpha value is -4.27. The molecule has 0 saturated heterocycles. The Kier molecular flexibility index (Phi) is 6.38. The Labute approximate surface area is 201 Å². The van der Waals surface area contributed by atoms with E-state index in [4.69, 9.17) is 10.1 Å². The van der Waals surface area contributed by atoms with Crippen molar-refractivity contribution in [3.63, 3.8) is 0 Å². The van der Waals surface area contributed by atoms with Crippen molar-refractivity contribution in [1.29, 1.82) is 5.41 Å². The van der Waals surface area contributed by atoms with Crippen LogP contribution in [0.15, 0.2) is 77.9 Å². The fourth-order valence-electron chi connectivity index (χ4n) is 3.79. The van der Waals surface area contributed by atoms with Crippen LogP contribution in [0.2, 0.25) is 0 Å². The smallest absolute Gasteiger partial charge is 0.216 e. The lowest BCUT2D eigenvalue weighted by molar-refractivity contribution is 0.280. The van der Waals surface area contributed by atoms with E-state index in [2.05, 4.69) is 15.5 Å². The molecule has 4 aromatic rings. The molecule has 0 aliphatic heterocycles. The minimum atomic E-state index is -0.535. The van der Waals surface area contributed by atoms with Crippen LogP contribution in [-0.4, -0.2) is 32.4 Å². The number of rotatable bonds is 10. The summed E-state index contributed by atoms with van der Waals surface area (Å²) in [7, 11) is 0. The average molecular weight is 473 g/mol. The number of nitrogens with one attached hydrogen (secondary N) is 2. The summed E-state index contributed by atoms with van der Waals surface area (Å²) in [4.78, 5) is 12.6. The van der Waals surface area contributed by atoms with Crippen LogP contribution in [0.4, 0.5) is 10.1 Å². The third kappa shape index (κ3) is 5.13. The summed E-state index contributed by atoms with van der Waals surface area (Å²) in [6.45, 7) is 0.629. The van der Waals surface area contributed by atoms with Crippen molar-refractivity contribution in [2.75, 3.05) is 11.9 Å². The fraction of sp³-hybridized carbons (Fsp3) is 0.231. The molecule has 9 heteroatoms. The molecule has 2 aromatic heterocycles. The number of anilines is 1. The predicted octanol–water partition coefficient (Wildman–Crippen LogP) is 4.54. The highest BCUT2D eigenvalue weighted by atomic mass is 19.1. The van der Waals surface area contributed by atoms with E-state index in [0.717, 1.165) is 5.69 Å². The summed E-state index contributed by atoms with van der Waals surface area (Å²) in [5, 5.41) is 19.5. The largest absolute Gasteiger partial charge is 0.477 e. The van der Waals surface area contributed by atoms with Gasteiger partial charge in [0, 0.05) is 36.5 Å². The van der Waals surface area contributed by atoms with Crippen molar-refractivity contribution in [3.8, 4) is 17.3 Å². The van der Waals surface area contributed by atoms with E-state index in [0.29, 0.717) is 24.1 Å². The van der Waals surface area contributed by atoms with E-state index in [1.165, 1.54) is 42.1 Å². The Morgan fingerprint density at radius 2 is 2.00 bits per heavy atom. The van der Waals surface area contributed by atoms with E-state index in [1.54, 1.807) is 29.1 Å². The molecule has 1 saturated carbocycles. The Balaban J connectivity index is 1.43. The lowest BCUT2D eigenvalue weighted by Gasteiger charge is -2.18. The molecular weight excluding hydrogens is 447 g/mol. The lowest BCUT2D eigenvalue weighted by Crippen LogP contribution is -2.24. The summed E-state index contributed by atoms with van der Waals surface area (Å²) < 4.78 is 24.0. The number of ether oxygens (including phenoxy) is 1. The van der Waals surface area contributed by atoms with E-state index in [1.807, 2.05) is 30.3 Å². The molecule has 178 valence electrons. The van der Waals surface area contributed by atoms with Crippen molar-refractivity contribution in [3.05, 3.63) is 94.8 Å². The van der Waals surface area contributed by atoms with Crippen molar-refractivity contribution in [1.82, 2.24) is 19.6 Å². The number of para-hydroxylation sites is 1. The average Bonchev–Trinajstić information content (AvgIpc) is 3.58. The van der Waals surface area contributed by atoms with E-state index in [9.17, 15) is 4.79 Å².